The van der Waals surface area contributed by atoms with E-state index in [-0.39, 0.29) is 25.0 Å². The third kappa shape index (κ3) is 9.53. The predicted octanol–water partition coefficient (Wildman–Crippen LogP) is 2.38. The van der Waals surface area contributed by atoms with Gasteiger partial charge >= 0.3 is 5.97 Å². The van der Waals surface area contributed by atoms with Crippen molar-refractivity contribution >= 4 is 11.9 Å². The normalized spacial score (nSPS) is 19.0. The van der Waals surface area contributed by atoms with Crippen LogP contribution in [0.4, 0.5) is 0 Å². The van der Waals surface area contributed by atoms with E-state index in [4.69, 9.17) is 10.5 Å². The van der Waals surface area contributed by atoms with E-state index in [0.717, 1.165) is 12.8 Å². The van der Waals surface area contributed by atoms with Crippen LogP contribution in [0.15, 0.2) is 0 Å². The molecule has 1 aliphatic rings. The van der Waals surface area contributed by atoms with Crippen molar-refractivity contribution in [1.29, 1.82) is 0 Å². The summed E-state index contributed by atoms with van der Waals surface area (Å²) >= 11 is 0. The van der Waals surface area contributed by atoms with E-state index >= 15 is 0 Å². The Balaban J connectivity index is 2.52. The van der Waals surface area contributed by atoms with Crippen LogP contribution < -0.4 is 11.1 Å². The zero-order valence-electron chi connectivity index (χ0n) is 16.7. The fourth-order valence-electron chi connectivity index (χ4n) is 3.53. The van der Waals surface area contributed by atoms with Crippen molar-refractivity contribution < 1.29 is 19.4 Å². The number of carbonyl (C=O) groups excluding carboxylic acids is 2. The Labute approximate surface area is 158 Å². The highest BCUT2D eigenvalue weighted by molar-refractivity contribution is 5.79. The van der Waals surface area contributed by atoms with Crippen LogP contribution in [-0.2, 0) is 14.3 Å². The lowest BCUT2D eigenvalue weighted by Crippen LogP contribution is -2.42. The summed E-state index contributed by atoms with van der Waals surface area (Å²) in [5, 5.41) is 13.4. The molecule has 0 spiro atoms. The Morgan fingerprint density at radius 1 is 1.23 bits per heavy atom. The molecule has 1 rings (SSSR count). The Hall–Kier alpha value is -1.14. The minimum absolute atomic E-state index is 0.0178. The number of esters is 1. The van der Waals surface area contributed by atoms with E-state index in [0.29, 0.717) is 18.4 Å². The number of aliphatic hydroxyl groups excluding tert-OH is 1. The van der Waals surface area contributed by atoms with E-state index in [2.05, 4.69) is 19.2 Å². The first-order valence-corrected chi connectivity index (χ1v) is 10.1. The third-order valence-electron chi connectivity index (χ3n) is 5.23. The van der Waals surface area contributed by atoms with Gasteiger partial charge in [-0.25, -0.2) is 0 Å². The van der Waals surface area contributed by atoms with Crippen LogP contribution in [0.2, 0.25) is 0 Å². The molecule has 6 heteroatoms. The van der Waals surface area contributed by atoms with Gasteiger partial charge in [-0.1, -0.05) is 46.0 Å². The maximum Gasteiger partial charge on any atom is 0.302 e. The van der Waals surface area contributed by atoms with Gasteiger partial charge in [0.1, 0.15) is 6.61 Å². The second-order valence-corrected chi connectivity index (χ2v) is 8.18. The SMILES string of the molecule is CC(=O)OCC(C[C@H](O)[C@@H](N)CC1CCCCC1)C(=O)NCCC(C)C. The molecule has 3 atom stereocenters. The van der Waals surface area contributed by atoms with Crippen LogP contribution in [-0.4, -0.2) is 42.3 Å². The summed E-state index contributed by atoms with van der Waals surface area (Å²) in [5.74, 6) is -0.114. The van der Waals surface area contributed by atoms with Crippen LogP contribution in [0.1, 0.15) is 72.1 Å². The summed E-state index contributed by atoms with van der Waals surface area (Å²) in [6, 6.07) is -0.346. The van der Waals surface area contributed by atoms with Crippen molar-refractivity contribution in [2.75, 3.05) is 13.2 Å². The first kappa shape index (κ1) is 22.9. The smallest absolute Gasteiger partial charge is 0.302 e. The molecule has 1 amide bonds. The van der Waals surface area contributed by atoms with E-state index in [1.807, 2.05) is 0 Å². The molecule has 0 aromatic rings. The van der Waals surface area contributed by atoms with Gasteiger partial charge in [0, 0.05) is 19.5 Å². The number of hydrogen-bond donors (Lipinski definition) is 3. The fourth-order valence-corrected chi connectivity index (χ4v) is 3.53. The molecule has 6 nitrogen and oxygen atoms in total. The maximum atomic E-state index is 12.4. The van der Waals surface area contributed by atoms with Gasteiger partial charge in [0.25, 0.3) is 0 Å². The van der Waals surface area contributed by atoms with Gasteiger partial charge in [-0.05, 0) is 31.1 Å². The molecular weight excluding hydrogens is 332 g/mol. The van der Waals surface area contributed by atoms with E-state index in [1.54, 1.807) is 0 Å². The van der Waals surface area contributed by atoms with Crippen molar-refractivity contribution in [3.8, 4) is 0 Å². The largest absolute Gasteiger partial charge is 0.465 e. The van der Waals surface area contributed by atoms with Crippen molar-refractivity contribution in [2.24, 2.45) is 23.5 Å². The van der Waals surface area contributed by atoms with Crippen molar-refractivity contribution in [2.45, 2.75) is 84.3 Å². The van der Waals surface area contributed by atoms with Crippen molar-refractivity contribution in [1.82, 2.24) is 5.32 Å². The molecule has 0 aromatic heterocycles. The molecule has 1 unspecified atom stereocenters. The van der Waals surface area contributed by atoms with Gasteiger partial charge < -0.3 is 20.9 Å². The lowest BCUT2D eigenvalue weighted by molar-refractivity contribution is -0.144. The highest BCUT2D eigenvalue weighted by atomic mass is 16.5. The van der Waals surface area contributed by atoms with Crippen LogP contribution in [0, 0.1) is 17.8 Å². The van der Waals surface area contributed by atoms with Gasteiger partial charge in [0.15, 0.2) is 0 Å². The molecule has 4 N–H and O–H groups in total. The number of ether oxygens (including phenoxy) is 1. The van der Waals surface area contributed by atoms with Gasteiger partial charge in [0.05, 0.1) is 12.0 Å². The zero-order valence-corrected chi connectivity index (χ0v) is 16.7. The molecule has 1 aliphatic carbocycles. The highest BCUT2D eigenvalue weighted by Gasteiger charge is 2.28. The lowest BCUT2D eigenvalue weighted by atomic mass is 9.83. The minimum Gasteiger partial charge on any atom is -0.465 e. The molecule has 26 heavy (non-hydrogen) atoms. The molecule has 0 radical (unpaired) electrons. The molecule has 0 aliphatic heterocycles. The third-order valence-corrected chi connectivity index (χ3v) is 5.23. The van der Waals surface area contributed by atoms with Crippen LogP contribution in [0.3, 0.4) is 0 Å². The lowest BCUT2D eigenvalue weighted by Gasteiger charge is -2.28. The number of aliphatic hydroxyl groups is 1. The molecule has 0 aromatic carbocycles. The second kappa shape index (κ2) is 12.3. The average molecular weight is 371 g/mol. The predicted molar refractivity (Wildman–Crippen MR) is 102 cm³/mol. The van der Waals surface area contributed by atoms with E-state index in [1.165, 1.54) is 39.0 Å². The molecule has 1 fully saturated rings. The Morgan fingerprint density at radius 3 is 2.46 bits per heavy atom. The summed E-state index contributed by atoms with van der Waals surface area (Å²) in [4.78, 5) is 23.5. The molecule has 0 bridgehead atoms. The van der Waals surface area contributed by atoms with Crippen LogP contribution >= 0.6 is 0 Å². The molecular formula is C20H38N2O4. The van der Waals surface area contributed by atoms with Crippen molar-refractivity contribution in [3.63, 3.8) is 0 Å². The summed E-state index contributed by atoms with van der Waals surface area (Å²) in [5.41, 5.74) is 6.20. The summed E-state index contributed by atoms with van der Waals surface area (Å²) in [6.45, 7) is 6.07. The number of hydrogen-bond acceptors (Lipinski definition) is 5. The number of rotatable bonds is 11. The van der Waals surface area contributed by atoms with Crippen molar-refractivity contribution in [3.05, 3.63) is 0 Å². The first-order valence-electron chi connectivity index (χ1n) is 10.1. The molecule has 1 saturated carbocycles. The van der Waals surface area contributed by atoms with Crippen LogP contribution in [0.25, 0.3) is 0 Å². The Bertz CT molecular complexity index is 422. The highest BCUT2D eigenvalue weighted by Crippen LogP contribution is 2.28. The second-order valence-electron chi connectivity index (χ2n) is 8.18. The molecule has 152 valence electrons. The Kier molecular flexibility index (Phi) is 10.8. The standard InChI is InChI=1S/C20H38N2O4/c1-14(2)9-10-22-20(25)17(13-26-15(3)23)12-19(24)18(21)11-16-7-5-4-6-8-16/h14,16-19,24H,4-13,21H2,1-3H3,(H,22,25)/t17?,18-,19-/m0/s1. The monoisotopic (exact) mass is 370 g/mol. The number of carbonyl (C=O) groups is 2. The van der Waals surface area contributed by atoms with Gasteiger partial charge in [0.2, 0.25) is 5.91 Å². The topological polar surface area (TPSA) is 102 Å². The Morgan fingerprint density at radius 2 is 1.88 bits per heavy atom. The minimum atomic E-state index is -0.770. The molecule has 0 saturated heterocycles. The average Bonchev–Trinajstić information content (AvgIpc) is 2.58. The summed E-state index contributed by atoms with van der Waals surface area (Å²) in [7, 11) is 0. The number of amides is 1. The quantitative estimate of drug-likeness (QED) is 0.485. The van der Waals surface area contributed by atoms with E-state index in [9.17, 15) is 14.7 Å². The fraction of sp³-hybridized carbons (Fsp3) is 0.900. The van der Waals surface area contributed by atoms with Gasteiger partial charge in [-0.3, -0.25) is 9.59 Å². The summed E-state index contributed by atoms with van der Waals surface area (Å²) in [6.07, 6.45) is 7.23. The summed E-state index contributed by atoms with van der Waals surface area (Å²) < 4.78 is 5.03. The van der Waals surface area contributed by atoms with Gasteiger partial charge in [-0.2, -0.15) is 0 Å². The van der Waals surface area contributed by atoms with Crippen LogP contribution in [0.5, 0.6) is 0 Å². The zero-order chi connectivity index (χ0) is 19.5. The van der Waals surface area contributed by atoms with Gasteiger partial charge in [-0.15, -0.1) is 0 Å². The molecule has 0 heterocycles. The number of nitrogens with two attached hydrogens (primary N) is 1. The maximum absolute atomic E-state index is 12.4. The first-order chi connectivity index (χ1) is 12.3. The van der Waals surface area contributed by atoms with E-state index < -0.39 is 18.0 Å². The number of nitrogens with one attached hydrogen (secondary N) is 1.